The summed E-state index contributed by atoms with van der Waals surface area (Å²) in [4.78, 5) is 13.2. The maximum absolute atomic E-state index is 13.2. The van der Waals surface area contributed by atoms with E-state index in [4.69, 9.17) is 8.83 Å². The zero-order chi connectivity index (χ0) is 20.0. The molecule has 0 aliphatic heterocycles. The number of hydrogen-bond acceptors (Lipinski definition) is 6. The molecule has 0 fully saturated rings. The number of benzene rings is 2. The van der Waals surface area contributed by atoms with Crippen molar-refractivity contribution < 1.29 is 24.2 Å². The largest absolute Gasteiger partial charge is 0.508 e. The number of allylic oxidation sites excluding steroid dienone is 2. The zero-order valence-corrected chi connectivity index (χ0v) is 15.3. The molecule has 6 nitrogen and oxygen atoms in total. The molecule has 0 aliphatic rings. The third-order valence-corrected chi connectivity index (χ3v) is 4.68. The number of aromatic hydroxyl groups is 3. The number of fused-ring (bicyclic) bond motifs is 2. The number of hydrogen-bond donors (Lipinski definition) is 3. The van der Waals surface area contributed by atoms with Crippen molar-refractivity contribution in [2.75, 3.05) is 0 Å². The van der Waals surface area contributed by atoms with Crippen LogP contribution in [-0.4, -0.2) is 15.3 Å². The number of rotatable bonds is 3. The minimum Gasteiger partial charge on any atom is -0.508 e. The summed E-state index contributed by atoms with van der Waals surface area (Å²) in [6, 6.07) is 5.51. The lowest BCUT2D eigenvalue weighted by Gasteiger charge is -2.10. The molecule has 0 unspecified atom stereocenters. The van der Waals surface area contributed by atoms with Gasteiger partial charge in [-0.15, -0.1) is 0 Å². The number of furan rings is 1. The van der Waals surface area contributed by atoms with E-state index < -0.39 is 5.43 Å². The van der Waals surface area contributed by atoms with Gasteiger partial charge in [0.25, 0.3) is 0 Å². The van der Waals surface area contributed by atoms with Crippen molar-refractivity contribution in [1.82, 2.24) is 0 Å². The Morgan fingerprint density at radius 3 is 2.54 bits per heavy atom. The first-order valence-electron chi connectivity index (χ1n) is 8.70. The fraction of sp³-hybridized carbons (Fsp3) is 0.136. The van der Waals surface area contributed by atoms with Gasteiger partial charge in [0.1, 0.15) is 40.1 Å². The van der Waals surface area contributed by atoms with E-state index in [1.54, 1.807) is 6.07 Å². The quantitative estimate of drug-likeness (QED) is 0.441. The van der Waals surface area contributed by atoms with Gasteiger partial charge in [0, 0.05) is 17.2 Å². The summed E-state index contributed by atoms with van der Waals surface area (Å²) in [5.74, 6) is -0.618. The fourth-order valence-electron chi connectivity index (χ4n) is 3.30. The summed E-state index contributed by atoms with van der Waals surface area (Å²) in [5.41, 5.74) is 2.25. The van der Waals surface area contributed by atoms with Crippen LogP contribution in [0.25, 0.3) is 33.1 Å². The van der Waals surface area contributed by atoms with Crippen molar-refractivity contribution in [1.29, 1.82) is 0 Å². The van der Waals surface area contributed by atoms with E-state index in [1.165, 1.54) is 24.7 Å². The van der Waals surface area contributed by atoms with Gasteiger partial charge >= 0.3 is 0 Å². The molecule has 0 bridgehead atoms. The van der Waals surface area contributed by atoms with Gasteiger partial charge in [0.05, 0.1) is 17.2 Å². The predicted molar refractivity (Wildman–Crippen MR) is 106 cm³/mol. The Bertz CT molecular complexity index is 1300. The molecule has 0 radical (unpaired) electrons. The molecule has 2 aromatic heterocycles. The van der Waals surface area contributed by atoms with Gasteiger partial charge in [0.2, 0.25) is 5.43 Å². The van der Waals surface area contributed by atoms with E-state index in [2.05, 4.69) is 0 Å². The Labute approximate surface area is 159 Å². The molecule has 4 aromatic rings. The maximum Gasteiger partial charge on any atom is 0.204 e. The predicted octanol–water partition coefficient (Wildman–Crippen LogP) is 4.83. The van der Waals surface area contributed by atoms with E-state index >= 15 is 0 Å². The molecule has 0 atom stereocenters. The van der Waals surface area contributed by atoms with E-state index in [0.29, 0.717) is 23.0 Å². The van der Waals surface area contributed by atoms with Crippen LogP contribution in [-0.2, 0) is 6.42 Å². The molecule has 28 heavy (non-hydrogen) atoms. The van der Waals surface area contributed by atoms with Crippen molar-refractivity contribution >= 4 is 21.9 Å². The summed E-state index contributed by atoms with van der Waals surface area (Å²) in [7, 11) is 0. The second-order valence-corrected chi connectivity index (χ2v) is 6.86. The Kier molecular flexibility index (Phi) is 4.11. The van der Waals surface area contributed by atoms with Crippen molar-refractivity contribution in [2.45, 2.75) is 20.3 Å². The van der Waals surface area contributed by atoms with E-state index in [-0.39, 0.29) is 39.3 Å². The Hall–Kier alpha value is -3.67. The molecule has 2 heterocycles. The molecule has 0 amide bonds. The zero-order valence-electron chi connectivity index (χ0n) is 15.3. The molecular weight excluding hydrogens is 360 g/mol. The van der Waals surface area contributed by atoms with Crippen LogP contribution in [0.5, 0.6) is 17.2 Å². The van der Waals surface area contributed by atoms with Crippen LogP contribution in [0.15, 0.2) is 62.1 Å². The minimum atomic E-state index is -0.485. The highest BCUT2D eigenvalue weighted by atomic mass is 16.3. The van der Waals surface area contributed by atoms with E-state index in [9.17, 15) is 20.1 Å². The van der Waals surface area contributed by atoms with Crippen molar-refractivity contribution in [2.24, 2.45) is 0 Å². The SMILES string of the molecule is CC(C)=CCc1c2occc2c(O)c2c(=O)c(-c3ccc(O)cc3O)coc12. The smallest absolute Gasteiger partial charge is 0.204 e. The summed E-state index contributed by atoms with van der Waals surface area (Å²) in [6.07, 6.45) is 5.15. The molecule has 0 saturated heterocycles. The Morgan fingerprint density at radius 1 is 1.04 bits per heavy atom. The van der Waals surface area contributed by atoms with Gasteiger partial charge in [-0.1, -0.05) is 11.6 Å². The Morgan fingerprint density at radius 2 is 1.82 bits per heavy atom. The molecule has 2 aromatic carbocycles. The standard InChI is InChI=1S/C22H18O6/c1-11(2)3-5-15-21-14(7-8-27-21)19(25)18-20(26)16(10-28-22(15)18)13-6-4-12(23)9-17(13)24/h3-4,6-10,23-25H,5H2,1-2H3. The van der Waals surface area contributed by atoms with Gasteiger partial charge in [-0.05, 0) is 38.5 Å². The molecule has 0 aliphatic carbocycles. The second-order valence-electron chi connectivity index (χ2n) is 6.86. The lowest BCUT2D eigenvalue weighted by atomic mass is 9.99. The highest BCUT2D eigenvalue weighted by Crippen LogP contribution is 2.39. The first-order valence-corrected chi connectivity index (χ1v) is 8.70. The van der Waals surface area contributed by atoms with Crippen LogP contribution >= 0.6 is 0 Å². The molecule has 0 spiro atoms. The first-order chi connectivity index (χ1) is 13.4. The lowest BCUT2D eigenvalue weighted by Crippen LogP contribution is -2.06. The molecule has 0 saturated carbocycles. The molecule has 6 heteroatoms. The summed E-state index contributed by atoms with van der Waals surface area (Å²) < 4.78 is 11.3. The van der Waals surface area contributed by atoms with E-state index in [1.807, 2.05) is 19.9 Å². The summed E-state index contributed by atoms with van der Waals surface area (Å²) in [5, 5.41) is 30.8. The van der Waals surface area contributed by atoms with E-state index in [0.717, 1.165) is 11.6 Å². The Balaban J connectivity index is 2.08. The molecular formula is C22H18O6. The van der Waals surface area contributed by atoms with Crippen molar-refractivity contribution in [3.63, 3.8) is 0 Å². The average Bonchev–Trinajstić information content (AvgIpc) is 3.12. The van der Waals surface area contributed by atoms with Gasteiger partial charge < -0.3 is 24.2 Å². The van der Waals surface area contributed by atoms with Crippen LogP contribution in [0.3, 0.4) is 0 Å². The molecule has 3 N–H and O–H groups in total. The third-order valence-electron chi connectivity index (χ3n) is 4.68. The maximum atomic E-state index is 13.2. The average molecular weight is 378 g/mol. The van der Waals surface area contributed by atoms with Crippen LogP contribution in [0.1, 0.15) is 19.4 Å². The normalized spacial score (nSPS) is 11.2. The highest BCUT2D eigenvalue weighted by Gasteiger charge is 2.22. The van der Waals surface area contributed by atoms with Crippen molar-refractivity contribution in [3.8, 4) is 28.4 Å². The highest BCUT2D eigenvalue weighted by molar-refractivity contribution is 6.05. The molecule has 142 valence electrons. The van der Waals surface area contributed by atoms with Gasteiger partial charge in [-0.2, -0.15) is 0 Å². The first kappa shape index (κ1) is 17.7. The number of phenols is 3. The summed E-state index contributed by atoms with van der Waals surface area (Å²) >= 11 is 0. The second kappa shape index (κ2) is 6.49. The van der Waals surface area contributed by atoms with Gasteiger partial charge in [-0.25, -0.2) is 0 Å². The van der Waals surface area contributed by atoms with Crippen molar-refractivity contribution in [3.05, 3.63) is 64.2 Å². The van der Waals surface area contributed by atoms with Gasteiger partial charge in [0.15, 0.2) is 0 Å². The fourth-order valence-corrected chi connectivity index (χ4v) is 3.30. The molecule has 4 rings (SSSR count). The van der Waals surface area contributed by atoms with Crippen LogP contribution in [0.2, 0.25) is 0 Å². The van der Waals surface area contributed by atoms with Crippen LogP contribution in [0, 0.1) is 0 Å². The third kappa shape index (κ3) is 2.70. The van der Waals surface area contributed by atoms with Gasteiger partial charge in [-0.3, -0.25) is 4.79 Å². The van der Waals surface area contributed by atoms with Crippen LogP contribution < -0.4 is 5.43 Å². The topological polar surface area (TPSA) is 104 Å². The lowest BCUT2D eigenvalue weighted by molar-refractivity contribution is 0.451. The monoisotopic (exact) mass is 378 g/mol. The van der Waals surface area contributed by atoms with Crippen LogP contribution in [0.4, 0.5) is 0 Å². The number of phenolic OH excluding ortho intramolecular Hbond substituents is 3. The summed E-state index contributed by atoms with van der Waals surface area (Å²) in [6.45, 7) is 3.92. The minimum absolute atomic E-state index is 0.0241.